The van der Waals surface area contributed by atoms with Crippen LogP contribution in [0.2, 0.25) is 0 Å². The number of nitrogens with zero attached hydrogens (tertiary/aromatic N) is 1. The van der Waals surface area contributed by atoms with Gasteiger partial charge in [0.05, 0.1) is 11.3 Å². The average molecular weight is 343 g/mol. The molecule has 0 bridgehead atoms. The molecule has 24 heavy (non-hydrogen) atoms. The molecule has 1 aliphatic rings. The summed E-state index contributed by atoms with van der Waals surface area (Å²) in [5.41, 5.74) is 3.78. The number of fused-ring (bicyclic) bond motifs is 3. The Bertz CT molecular complexity index is 779. The van der Waals surface area contributed by atoms with E-state index in [1.165, 1.54) is 32.9 Å². The lowest BCUT2D eigenvalue weighted by molar-refractivity contribution is -0.137. The first-order chi connectivity index (χ1) is 11.5. The number of carbonyl (C=O) groups is 2. The van der Waals surface area contributed by atoms with Gasteiger partial charge in [-0.25, -0.2) is 0 Å². The Balaban J connectivity index is 1.89. The first-order valence-electron chi connectivity index (χ1n) is 8.21. The molecule has 0 fully saturated rings. The van der Waals surface area contributed by atoms with Crippen molar-refractivity contribution in [2.75, 3.05) is 6.54 Å². The molecule has 0 saturated carbocycles. The molecule has 0 aliphatic heterocycles. The molecule has 2 aromatic rings. The van der Waals surface area contributed by atoms with Gasteiger partial charge in [0.2, 0.25) is 0 Å². The molecule has 1 aromatic carbocycles. The number of carbonyl (C=O) groups excluding carboxylic acids is 1. The largest absolute Gasteiger partial charge is 0.481 e. The molecular formula is C19H21NO3S. The number of thiophene rings is 1. The lowest BCUT2D eigenvalue weighted by Crippen LogP contribution is -2.38. The van der Waals surface area contributed by atoms with Crippen LogP contribution >= 0.6 is 11.3 Å². The first kappa shape index (κ1) is 16.7. The van der Waals surface area contributed by atoms with Gasteiger partial charge in [-0.05, 0) is 49.4 Å². The van der Waals surface area contributed by atoms with Crippen molar-refractivity contribution in [2.24, 2.45) is 0 Å². The maximum atomic E-state index is 12.9. The SMILES string of the molecule is CC(C)N(CCC(=O)O)C(=O)c1cc2c(s1)-c1ccccc1CC2. The Labute approximate surface area is 145 Å². The van der Waals surface area contributed by atoms with Crippen molar-refractivity contribution in [1.82, 2.24) is 4.90 Å². The van der Waals surface area contributed by atoms with Crippen LogP contribution in [0.15, 0.2) is 30.3 Å². The Kier molecular flexibility index (Phi) is 4.71. The molecule has 0 atom stereocenters. The third-order valence-corrected chi connectivity index (χ3v) is 5.59. The van der Waals surface area contributed by atoms with Crippen molar-refractivity contribution < 1.29 is 14.7 Å². The van der Waals surface area contributed by atoms with Crippen molar-refractivity contribution in [1.29, 1.82) is 0 Å². The summed E-state index contributed by atoms with van der Waals surface area (Å²) in [5.74, 6) is -0.948. The van der Waals surface area contributed by atoms with Crippen LogP contribution in [0.5, 0.6) is 0 Å². The van der Waals surface area contributed by atoms with Gasteiger partial charge >= 0.3 is 5.97 Å². The zero-order valence-electron chi connectivity index (χ0n) is 13.9. The molecule has 5 heteroatoms. The van der Waals surface area contributed by atoms with E-state index in [-0.39, 0.29) is 24.9 Å². The molecule has 0 spiro atoms. The van der Waals surface area contributed by atoms with Gasteiger partial charge in [-0.3, -0.25) is 9.59 Å². The van der Waals surface area contributed by atoms with Crippen LogP contribution in [0, 0.1) is 0 Å². The van der Waals surface area contributed by atoms with Gasteiger partial charge < -0.3 is 10.0 Å². The minimum absolute atomic E-state index is 0.0248. The Morgan fingerprint density at radius 1 is 1.21 bits per heavy atom. The van der Waals surface area contributed by atoms with Crippen LogP contribution in [0.1, 0.15) is 41.1 Å². The second-order valence-corrected chi connectivity index (χ2v) is 7.41. The molecule has 1 aliphatic carbocycles. The molecule has 0 radical (unpaired) electrons. The maximum absolute atomic E-state index is 12.9. The van der Waals surface area contributed by atoms with Gasteiger partial charge in [0, 0.05) is 17.5 Å². The van der Waals surface area contributed by atoms with Crippen LogP contribution in [0.3, 0.4) is 0 Å². The first-order valence-corrected chi connectivity index (χ1v) is 9.02. The van der Waals surface area contributed by atoms with E-state index in [0.29, 0.717) is 4.88 Å². The summed E-state index contributed by atoms with van der Waals surface area (Å²) in [7, 11) is 0. The zero-order chi connectivity index (χ0) is 17.3. The maximum Gasteiger partial charge on any atom is 0.305 e. The molecule has 0 unspecified atom stereocenters. The van der Waals surface area contributed by atoms with E-state index < -0.39 is 5.97 Å². The van der Waals surface area contributed by atoms with E-state index in [9.17, 15) is 9.59 Å². The highest BCUT2D eigenvalue weighted by Crippen LogP contribution is 2.39. The molecule has 1 N–H and O–H groups in total. The smallest absolute Gasteiger partial charge is 0.305 e. The summed E-state index contributed by atoms with van der Waals surface area (Å²) in [6.45, 7) is 4.08. The van der Waals surface area contributed by atoms with E-state index >= 15 is 0 Å². The third kappa shape index (κ3) is 3.22. The normalized spacial score (nSPS) is 12.6. The zero-order valence-corrected chi connectivity index (χ0v) is 14.7. The van der Waals surface area contributed by atoms with Crippen LogP contribution in [0.4, 0.5) is 0 Å². The Morgan fingerprint density at radius 2 is 1.92 bits per heavy atom. The Morgan fingerprint density at radius 3 is 2.62 bits per heavy atom. The van der Waals surface area contributed by atoms with E-state index in [1.54, 1.807) is 4.90 Å². The van der Waals surface area contributed by atoms with Crippen molar-refractivity contribution in [2.45, 2.75) is 39.2 Å². The number of amides is 1. The van der Waals surface area contributed by atoms with Gasteiger partial charge in [0.1, 0.15) is 0 Å². The summed E-state index contributed by atoms with van der Waals surface area (Å²) in [4.78, 5) is 27.3. The van der Waals surface area contributed by atoms with Gasteiger partial charge in [-0.2, -0.15) is 0 Å². The summed E-state index contributed by atoms with van der Waals surface area (Å²) in [5, 5.41) is 8.90. The minimum atomic E-state index is -0.882. The van der Waals surface area contributed by atoms with E-state index in [4.69, 9.17) is 5.11 Å². The molecule has 126 valence electrons. The van der Waals surface area contributed by atoms with Gasteiger partial charge in [0.25, 0.3) is 5.91 Å². The monoisotopic (exact) mass is 343 g/mol. The van der Waals surface area contributed by atoms with Gasteiger partial charge in [0.15, 0.2) is 0 Å². The number of hydrogen-bond donors (Lipinski definition) is 1. The summed E-state index contributed by atoms with van der Waals surface area (Å²) < 4.78 is 0. The molecule has 1 heterocycles. The highest BCUT2D eigenvalue weighted by atomic mass is 32.1. The highest BCUT2D eigenvalue weighted by Gasteiger charge is 2.25. The molecule has 3 rings (SSSR count). The van der Waals surface area contributed by atoms with E-state index in [0.717, 1.165) is 12.8 Å². The molecule has 4 nitrogen and oxygen atoms in total. The second-order valence-electron chi connectivity index (χ2n) is 6.36. The van der Waals surface area contributed by atoms with Gasteiger partial charge in [-0.15, -0.1) is 11.3 Å². The number of carboxylic acids is 1. The molecule has 1 aromatic heterocycles. The molecule has 1 amide bonds. The standard InChI is InChI=1S/C19H21NO3S/c1-12(2)20(10-9-17(21)22)19(23)16-11-14-8-7-13-5-3-4-6-15(13)18(14)24-16/h3-6,11-12H,7-10H2,1-2H3,(H,21,22). The van der Waals surface area contributed by atoms with Crippen molar-refractivity contribution in [3.8, 4) is 10.4 Å². The lowest BCUT2D eigenvalue weighted by atomic mass is 9.91. The fourth-order valence-electron chi connectivity index (χ4n) is 3.13. The van der Waals surface area contributed by atoms with Crippen molar-refractivity contribution in [3.05, 3.63) is 46.3 Å². The van der Waals surface area contributed by atoms with E-state index in [1.807, 2.05) is 26.0 Å². The minimum Gasteiger partial charge on any atom is -0.481 e. The average Bonchev–Trinajstić information content (AvgIpc) is 2.99. The second kappa shape index (κ2) is 6.77. The quantitative estimate of drug-likeness (QED) is 0.897. The van der Waals surface area contributed by atoms with E-state index in [2.05, 4.69) is 18.2 Å². The summed E-state index contributed by atoms with van der Waals surface area (Å²) in [6, 6.07) is 10.3. The fourth-order valence-corrected chi connectivity index (χ4v) is 4.36. The van der Waals surface area contributed by atoms with Crippen LogP contribution in [-0.2, 0) is 17.6 Å². The third-order valence-electron chi connectivity index (χ3n) is 4.40. The van der Waals surface area contributed by atoms with Crippen LogP contribution in [0.25, 0.3) is 10.4 Å². The van der Waals surface area contributed by atoms with Crippen LogP contribution < -0.4 is 0 Å². The topological polar surface area (TPSA) is 57.6 Å². The lowest BCUT2D eigenvalue weighted by Gasteiger charge is -2.25. The number of rotatable bonds is 5. The van der Waals surface area contributed by atoms with Crippen molar-refractivity contribution >= 4 is 23.2 Å². The highest BCUT2D eigenvalue weighted by molar-refractivity contribution is 7.17. The number of hydrogen-bond acceptors (Lipinski definition) is 3. The fraction of sp³-hybridized carbons (Fsp3) is 0.368. The Hall–Kier alpha value is -2.14. The number of aryl methyl sites for hydroxylation is 2. The number of benzene rings is 1. The van der Waals surface area contributed by atoms with Crippen LogP contribution in [-0.4, -0.2) is 34.5 Å². The molecule has 0 saturated heterocycles. The summed E-state index contributed by atoms with van der Waals surface area (Å²) in [6.07, 6.45) is 1.92. The van der Waals surface area contributed by atoms with Crippen molar-refractivity contribution in [3.63, 3.8) is 0 Å². The number of aliphatic carboxylic acids is 1. The van der Waals surface area contributed by atoms with Gasteiger partial charge in [-0.1, -0.05) is 24.3 Å². The number of carboxylic acid groups (broad SMARTS) is 1. The predicted octanol–water partition coefficient (Wildman–Crippen LogP) is 3.84. The summed E-state index contributed by atoms with van der Waals surface area (Å²) >= 11 is 1.53. The predicted molar refractivity (Wildman–Crippen MR) is 95.6 cm³/mol. The molecular weight excluding hydrogens is 322 g/mol.